The number of esters is 1. The molecule has 1 saturated heterocycles. The van der Waals surface area contributed by atoms with E-state index in [-0.39, 0.29) is 30.5 Å². The number of rotatable bonds is 5. The van der Waals surface area contributed by atoms with Crippen LogP contribution in [0.4, 0.5) is 5.69 Å². The first kappa shape index (κ1) is 23.2. The Morgan fingerprint density at radius 1 is 1.03 bits per heavy atom. The molecule has 1 amide bonds. The van der Waals surface area contributed by atoms with Crippen LogP contribution in [0, 0.1) is 6.92 Å². The SMILES string of the molecule is COC(=O)Cc1ccc(N2C(=O)C(=O)/C(=C(/O)c3ccc4c(c3)OCO4)C2c2ccccc2C)cc1. The lowest BCUT2D eigenvalue weighted by molar-refractivity contribution is -0.139. The van der Waals surface area contributed by atoms with Crippen LogP contribution in [-0.2, 0) is 25.5 Å². The topological polar surface area (TPSA) is 102 Å². The normalized spacial score (nSPS) is 17.9. The molecule has 2 aliphatic heterocycles. The Labute approximate surface area is 207 Å². The second-order valence-corrected chi connectivity index (χ2v) is 8.51. The van der Waals surface area contributed by atoms with Gasteiger partial charge in [0, 0.05) is 11.3 Å². The van der Waals surface area contributed by atoms with Crippen molar-refractivity contribution in [1.82, 2.24) is 0 Å². The molecule has 8 nitrogen and oxygen atoms in total. The molecule has 0 spiro atoms. The van der Waals surface area contributed by atoms with Crippen LogP contribution >= 0.6 is 0 Å². The van der Waals surface area contributed by atoms with Gasteiger partial charge in [0.15, 0.2) is 11.5 Å². The lowest BCUT2D eigenvalue weighted by Crippen LogP contribution is -2.29. The quantitative estimate of drug-likeness (QED) is 0.252. The van der Waals surface area contributed by atoms with Gasteiger partial charge in [0.25, 0.3) is 11.7 Å². The van der Waals surface area contributed by atoms with Crippen molar-refractivity contribution in [1.29, 1.82) is 0 Å². The monoisotopic (exact) mass is 485 g/mol. The maximum Gasteiger partial charge on any atom is 0.309 e. The van der Waals surface area contributed by atoms with E-state index in [0.717, 1.165) is 5.56 Å². The van der Waals surface area contributed by atoms with Gasteiger partial charge in [0.05, 0.1) is 25.1 Å². The van der Waals surface area contributed by atoms with Crippen molar-refractivity contribution in [3.8, 4) is 11.5 Å². The molecule has 1 unspecified atom stereocenters. The van der Waals surface area contributed by atoms with Crippen molar-refractivity contribution in [3.05, 3.63) is 94.6 Å². The fourth-order valence-corrected chi connectivity index (χ4v) is 4.50. The average Bonchev–Trinajstić information content (AvgIpc) is 3.46. The van der Waals surface area contributed by atoms with E-state index in [2.05, 4.69) is 0 Å². The number of aliphatic hydroxyl groups is 1. The van der Waals surface area contributed by atoms with Gasteiger partial charge in [-0.1, -0.05) is 36.4 Å². The molecule has 1 atom stereocenters. The Hall–Kier alpha value is -4.59. The highest BCUT2D eigenvalue weighted by Gasteiger charge is 2.47. The summed E-state index contributed by atoms with van der Waals surface area (Å²) in [6.45, 7) is 1.95. The first-order valence-corrected chi connectivity index (χ1v) is 11.3. The van der Waals surface area contributed by atoms with Crippen LogP contribution in [0.25, 0.3) is 5.76 Å². The predicted molar refractivity (Wildman–Crippen MR) is 131 cm³/mol. The summed E-state index contributed by atoms with van der Waals surface area (Å²) in [6, 6.07) is 18.2. The van der Waals surface area contributed by atoms with Crippen LogP contribution < -0.4 is 14.4 Å². The highest BCUT2D eigenvalue weighted by Crippen LogP contribution is 2.44. The van der Waals surface area contributed by atoms with E-state index in [1.807, 2.05) is 31.2 Å². The molecule has 0 radical (unpaired) electrons. The largest absolute Gasteiger partial charge is 0.507 e. The summed E-state index contributed by atoms with van der Waals surface area (Å²) in [6.07, 6.45) is 0.0843. The van der Waals surface area contributed by atoms with Crippen molar-refractivity contribution in [2.24, 2.45) is 0 Å². The van der Waals surface area contributed by atoms with Gasteiger partial charge in [0.2, 0.25) is 6.79 Å². The van der Waals surface area contributed by atoms with Crippen LogP contribution in [0.5, 0.6) is 11.5 Å². The minimum Gasteiger partial charge on any atom is -0.507 e. The zero-order valence-corrected chi connectivity index (χ0v) is 19.7. The van der Waals surface area contributed by atoms with Gasteiger partial charge in [-0.15, -0.1) is 0 Å². The Bertz CT molecular complexity index is 1410. The lowest BCUT2D eigenvalue weighted by atomic mass is 9.92. The average molecular weight is 485 g/mol. The molecule has 3 aromatic carbocycles. The van der Waals surface area contributed by atoms with Gasteiger partial charge in [-0.3, -0.25) is 19.3 Å². The first-order chi connectivity index (χ1) is 17.4. The predicted octanol–water partition coefficient (Wildman–Crippen LogP) is 4.07. The van der Waals surface area contributed by atoms with Crippen LogP contribution in [0.1, 0.15) is 28.3 Å². The maximum absolute atomic E-state index is 13.4. The van der Waals surface area contributed by atoms with Crippen molar-refractivity contribution in [3.63, 3.8) is 0 Å². The Morgan fingerprint density at radius 3 is 2.47 bits per heavy atom. The molecule has 3 aromatic rings. The van der Waals surface area contributed by atoms with Gasteiger partial charge >= 0.3 is 5.97 Å². The molecule has 2 heterocycles. The number of carbonyl (C=O) groups is 3. The van der Waals surface area contributed by atoms with E-state index in [1.165, 1.54) is 12.0 Å². The number of amides is 1. The van der Waals surface area contributed by atoms with Gasteiger partial charge in [-0.25, -0.2) is 0 Å². The summed E-state index contributed by atoms with van der Waals surface area (Å²) in [5.74, 6) is -1.25. The molecule has 8 heteroatoms. The molecule has 36 heavy (non-hydrogen) atoms. The van der Waals surface area contributed by atoms with Crippen LogP contribution in [0.3, 0.4) is 0 Å². The Balaban J connectivity index is 1.63. The van der Waals surface area contributed by atoms with Crippen molar-refractivity contribution < 1.29 is 33.7 Å². The van der Waals surface area contributed by atoms with Crippen molar-refractivity contribution in [2.75, 3.05) is 18.8 Å². The van der Waals surface area contributed by atoms with E-state index in [1.54, 1.807) is 42.5 Å². The van der Waals surface area contributed by atoms with Gasteiger partial charge in [-0.2, -0.15) is 0 Å². The highest BCUT2D eigenvalue weighted by molar-refractivity contribution is 6.51. The highest BCUT2D eigenvalue weighted by atomic mass is 16.7. The molecule has 0 aromatic heterocycles. The second-order valence-electron chi connectivity index (χ2n) is 8.51. The van der Waals surface area contributed by atoms with Gasteiger partial charge in [-0.05, 0) is 53.9 Å². The van der Waals surface area contributed by atoms with Crippen LogP contribution in [-0.4, -0.2) is 36.7 Å². The third kappa shape index (κ3) is 3.96. The summed E-state index contributed by atoms with van der Waals surface area (Å²) in [4.78, 5) is 39.7. The zero-order chi connectivity index (χ0) is 25.4. The van der Waals surface area contributed by atoms with Crippen LogP contribution in [0.15, 0.2) is 72.3 Å². The van der Waals surface area contributed by atoms with Gasteiger partial charge < -0.3 is 19.3 Å². The molecule has 1 fully saturated rings. The van der Waals surface area contributed by atoms with Gasteiger partial charge in [0.1, 0.15) is 5.76 Å². The zero-order valence-electron chi connectivity index (χ0n) is 19.7. The number of carbonyl (C=O) groups excluding carboxylic acids is 3. The number of methoxy groups -OCH3 is 1. The third-order valence-electron chi connectivity index (χ3n) is 6.36. The molecule has 182 valence electrons. The third-order valence-corrected chi connectivity index (χ3v) is 6.36. The number of ketones is 1. The Morgan fingerprint density at radius 2 is 1.75 bits per heavy atom. The molecule has 0 saturated carbocycles. The fraction of sp³-hybridized carbons (Fsp3) is 0.179. The first-order valence-electron chi connectivity index (χ1n) is 11.3. The van der Waals surface area contributed by atoms with Crippen molar-refractivity contribution >= 4 is 29.1 Å². The lowest BCUT2D eigenvalue weighted by Gasteiger charge is -2.26. The molecular weight excluding hydrogens is 462 g/mol. The number of Topliss-reactive ketones (excluding diaryl/α,β-unsaturated/α-hetero) is 1. The number of fused-ring (bicyclic) bond motifs is 1. The van der Waals surface area contributed by atoms with E-state index < -0.39 is 17.7 Å². The maximum atomic E-state index is 13.4. The molecule has 5 rings (SSSR count). The summed E-state index contributed by atoms with van der Waals surface area (Å²) < 4.78 is 15.5. The number of hydrogen-bond acceptors (Lipinski definition) is 7. The second kappa shape index (κ2) is 9.22. The summed E-state index contributed by atoms with van der Waals surface area (Å²) in [5.41, 5.74) is 3.04. The smallest absolute Gasteiger partial charge is 0.309 e. The summed E-state index contributed by atoms with van der Waals surface area (Å²) in [7, 11) is 1.32. The number of aliphatic hydroxyl groups excluding tert-OH is 1. The van der Waals surface area contributed by atoms with E-state index >= 15 is 0 Å². The molecule has 0 aliphatic carbocycles. The number of benzene rings is 3. The van der Waals surface area contributed by atoms with E-state index in [0.29, 0.717) is 33.9 Å². The van der Waals surface area contributed by atoms with Crippen LogP contribution in [0.2, 0.25) is 0 Å². The number of nitrogens with zero attached hydrogens (tertiary/aromatic N) is 1. The standard InChI is InChI=1S/C28H23NO7/c1-16-5-3-4-6-20(16)25-24(26(31)18-9-12-21-22(14-18)36-15-35-21)27(32)28(33)29(25)19-10-7-17(8-11-19)13-23(30)34-2/h3-12,14,25,31H,13,15H2,1-2H3/b26-24+. The Kier molecular flexibility index (Phi) is 5.93. The molecule has 1 N–H and O–H groups in total. The summed E-state index contributed by atoms with van der Waals surface area (Å²) >= 11 is 0. The van der Waals surface area contributed by atoms with E-state index in [4.69, 9.17) is 14.2 Å². The molecule has 2 aliphatic rings. The molecular formula is C28H23NO7. The minimum atomic E-state index is -0.858. The van der Waals surface area contributed by atoms with Crippen molar-refractivity contribution in [2.45, 2.75) is 19.4 Å². The fourth-order valence-electron chi connectivity index (χ4n) is 4.50. The molecule has 0 bridgehead atoms. The summed E-state index contributed by atoms with van der Waals surface area (Å²) in [5, 5.41) is 11.3. The number of ether oxygens (including phenoxy) is 3. The number of anilines is 1. The number of hydrogen-bond donors (Lipinski definition) is 1. The van der Waals surface area contributed by atoms with E-state index in [9.17, 15) is 19.5 Å². The minimum absolute atomic E-state index is 0.0215. The number of aryl methyl sites for hydroxylation is 1.